The predicted molar refractivity (Wildman–Crippen MR) is 96.7 cm³/mol. The summed E-state index contributed by atoms with van der Waals surface area (Å²) in [5, 5.41) is 14.8. The Hall–Kier alpha value is -1.26. The predicted octanol–water partition coefficient (Wildman–Crippen LogP) is 3.08. The van der Waals surface area contributed by atoms with Crippen molar-refractivity contribution in [3.63, 3.8) is 0 Å². The summed E-state index contributed by atoms with van der Waals surface area (Å²) in [6.45, 7) is 5.60. The van der Waals surface area contributed by atoms with Gasteiger partial charge < -0.3 is 15.2 Å². The lowest BCUT2D eigenvalue weighted by Gasteiger charge is -2.52. The van der Waals surface area contributed by atoms with E-state index >= 15 is 0 Å². The molecule has 0 aromatic heterocycles. The quantitative estimate of drug-likeness (QED) is 0.890. The van der Waals surface area contributed by atoms with Gasteiger partial charge in [-0.15, -0.1) is 0 Å². The number of benzene rings is 1. The van der Waals surface area contributed by atoms with Crippen LogP contribution < -0.4 is 10.1 Å². The highest BCUT2D eigenvalue weighted by Crippen LogP contribution is 2.44. The van der Waals surface area contributed by atoms with Crippen molar-refractivity contribution in [2.24, 2.45) is 11.8 Å². The molecule has 132 valence electrons. The number of rotatable bonds is 4. The monoisotopic (exact) mass is 330 g/mol. The van der Waals surface area contributed by atoms with E-state index in [-0.39, 0.29) is 12.0 Å². The molecular weight excluding hydrogens is 300 g/mol. The van der Waals surface area contributed by atoms with Gasteiger partial charge in [0.2, 0.25) is 0 Å². The molecule has 6 atom stereocenters. The molecule has 4 aliphatic rings. The van der Waals surface area contributed by atoms with Gasteiger partial charge >= 0.3 is 0 Å². The fraction of sp³-hybridized carbons (Fsp3) is 0.700. The zero-order chi connectivity index (χ0) is 16.7. The van der Waals surface area contributed by atoms with Gasteiger partial charge in [-0.25, -0.2) is 0 Å². The van der Waals surface area contributed by atoms with E-state index in [2.05, 4.69) is 29.3 Å². The second kappa shape index (κ2) is 6.57. The second-order valence-electron chi connectivity index (χ2n) is 7.78. The van der Waals surface area contributed by atoms with Crippen LogP contribution in [0.1, 0.15) is 44.1 Å². The fourth-order valence-electron chi connectivity index (χ4n) is 5.27. The zero-order valence-electron chi connectivity index (χ0n) is 14.9. The SMILES string of the molecule is CC[C@H]1CN2CC[C@H]1C[C@H]2[C@H](O)[C@@H]1CCNc2ccc(OC)cc21. The average Bonchev–Trinajstić information content (AvgIpc) is 2.66. The van der Waals surface area contributed by atoms with Crippen LogP contribution in [0, 0.1) is 11.8 Å². The Morgan fingerprint density at radius 2 is 2.25 bits per heavy atom. The maximum absolute atomic E-state index is 11.3. The minimum Gasteiger partial charge on any atom is -0.497 e. The van der Waals surface area contributed by atoms with E-state index in [1.807, 2.05) is 6.07 Å². The van der Waals surface area contributed by atoms with Crippen molar-refractivity contribution in [1.29, 1.82) is 0 Å². The summed E-state index contributed by atoms with van der Waals surface area (Å²) in [6.07, 6.45) is 4.48. The molecule has 0 saturated carbocycles. The molecule has 0 amide bonds. The first-order valence-electron chi connectivity index (χ1n) is 9.55. The zero-order valence-corrected chi connectivity index (χ0v) is 14.9. The normalized spacial score (nSPS) is 35.9. The van der Waals surface area contributed by atoms with Crippen LogP contribution in [0.2, 0.25) is 0 Å². The maximum atomic E-state index is 11.3. The lowest BCUT2D eigenvalue weighted by molar-refractivity contribution is -0.0638. The number of piperidine rings is 3. The van der Waals surface area contributed by atoms with Gasteiger partial charge in [0, 0.05) is 30.7 Å². The molecule has 24 heavy (non-hydrogen) atoms. The number of aliphatic hydroxyl groups is 1. The molecule has 1 unspecified atom stereocenters. The third kappa shape index (κ3) is 2.70. The first-order chi connectivity index (χ1) is 11.7. The van der Waals surface area contributed by atoms with Crippen molar-refractivity contribution in [2.45, 2.75) is 50.7 Å². The Balaban J connectivity index is 1.57. The van der Waals surface area contributed by atoms with Crippen LogP contribution in [0.25, 0.3) is 0 Å². The van der Waals surface area contributed by atoms with Crippen LogP contribution in [-0.4, -0.2) is 48.9 Å². The minimum atomic E-state index is -0.279. The van der Waals surface area contributed by atoms with Gasteiger partial charge in [-0.1, -0.05) is 13.3 Å². The molecule has 4 nitrogen and oxygen atoms in total. The van der Waals surface area contributed by atoms with Gasteiger partial charge in [0.1, 0.15) is 5.75 Å². The summed E-state index contributed by atoms with van der Waals surface area (Å²) >= 11 is 0. The lowest BCUT2D eigenvalue weighted by Crippen LogP contribution is -2.58. The van der Waals surface area contributed by atoms with Crippen molar-refractivity contribution in [2.75, 3.05) is 32.1 Å². The molecular formula is C20H30N2O2. The number of nitrogens with one attached hydrogen (secondary N) is 1. The fourth-order valence-corrected chi connectivity index (χ4v) is 5.27. The highest BCUT2D eigenvalue weighted by atomic mass is 16.5. The topological polar surface area (TPSA) is 44.7 Å². The van der Waals surface area contributed by atoms with E-state index in [0.717, 1.165) is 36.2 Å². The van der Waals surface area contributed by atoms with Gasteiger partial charge in [-0.2, -0.15) is 0 Å². The summed E-state index contributed by atoms with van der Waals surface area (Å²) in [7, 11) is 1.71. The molecule has 4 aliphatic heterocycles. The van der Waals surface area contributed by atoms with Crippen molar-refractivity contribution >= 4 is 5.69 Å². The van der Waals surface area contributed by atoms with Crippen LogP contribution in [0.4, 0.5) is 5.69 Å². The number of nitrogens with zero attached hydrogens (tertiary/aromatic N) is 1. The van der Waals surface area contributed by atoms with Gasteiger partial charge in [-0.3, -0.25) is 4.90 Å². The highest BCUT2D eigenvalue weighted by Gasteiger charge is 2.44. The van der Waals surface area contributed by atoms with E-state index in [9.17, 15) is 5.11 Å². The van der Waals surface area contributed by atoms with Gasteiger partial charge in [0.15, 0.2) is 0 Å². The minimum absolute atomic E-state index is 0.209. The first kappa shape index (κ1) is 16.2. The number of anilines is 1. The molecule has 1 aromatic rings. The number of hydrogen-bond acceptors (Lipinski definition) is 4. The Bertz CT molecular complexity index is 591. The van der Waals surface area contributed by atoms with Gasteiger partial charge in [-0.05, 0) is 61.4 Å². The average molecular weight is 330 g/mol. The van der Waals surface area contributed by atoms with Crippen LogP contribution >= 0.6 is 0 Å². The summed E-state index contributed by atoms with van der Waals surface area (Å²) in [6, 6.07) is 6.53. The Kier molecular flexibility index (Phi) is 4.44. The molecule has 5 rings (SSSR count). The van der Waals surface area contributed by atoms with Crippen molar-refractivity contribution in [1.82, 2.24) is 4.90 Å². The summed E-state index contributed by atoms with van der Waals surface area (Å²) in [5.41, 5.74) is 2.39. The van der Waals surface area contributed by atoms with Crippen molar-refractivity contribution in [3.05, 3.63) is 23.8 Å². The Labute approximate surface area is 145 Å². The molecule has 3 saturated heterocycles. The summed E-state index contributed by atoms with van der Waals surface area (Å²) in [4.78, 5) is 2.57. The second-order valence-corrected chi connectivity index (χ2v) is 7.78. The smallest absolute Gasteiger partial charge is 0.119 e. The molecule has 4 heterocycles. The van der Waals surface area contributed by atoms with Crippen molar-refractivity contribution in [3.8, 4) is 5.75 Å². The standard InChI is InChI=1S/C20H30N2O2/c1-3-13-12-22-9-7-14(13)10-19(22)20(23)16-6-8-21-18-5-4-15(24-2)11-17(16)18/h4-5,11,13-14,16,19-21,23H,3,6-10,12H2,1-2H3/t13-,14-,16+,19-,20+/m0/s1. The molecule has 0 spiro atoms. The van der Waals surface area contributed by atoms with Crippen LogP contribution in [0.15, 0.2) is 18.2 Å². The number of methoxy groups -OCH3 is 1. The number of ether oxygens (including phenoxy) is 1. The van der Waals surface area contributed by atoms with Gasteiger partial charge in [0.05, 0.1) is 13.2 Å². The lowest BCUT2D eigenvalue weighted by atomic mass is 9.70. The maximum Gasteiger partial charge on any atom is 0.119 e. The van der Waals surface area contributed by atoms with Crippen molar-refractivity contribution < 1.29 is 9.84 Å². The summed E-state index contributed by atoms with van der Waals surface area (Å²) in [5.74, 6) is 2.74. The van der Waals surface area contributed by atoms with E-state index in [1.54, 1.807) is 7.11 Å². The van der Waals surface area contributed by atoms with Crippen LogP contribution in [-0.2, 0) is 0 Å². The van der Waals surface area contributed by atoms with Crippen LogP contribution in [0.5, 0.6) is 5.75 Å². The van der Waals surface area contributed by atoms with E-state index in [4.69, 9.17) is 4.74 Å². The third-order valence-corrected chi connectivity index (χ3v) is 6.70. The molecule has 0 radical (unpaired) electrons. The number of hydrogen-bond donors (Lipinski definition) is 2. The molecule has 3 fully saturated rings. The number of aliphatic hydroxyl groups excluding tert-OH is 1. The third-order valence-electron chi connectivity index (χ3n) is 6.70. The largest absolute Gasteiger partial charge is 0.497 e. The molecule has 0 aliphatic carbocycles. The van der Waals surface area contributed by atoms with Gasteiger partial charge in [0.25, 0.3) is 0 Å². The molecule has 2 bridgehead atoms. The number of fused-ring (bicyclic) bond motifs is 4. The Morgan fingerprint density at radius 1 is 1.38 bits per heavy atom. The molecule has 4 heteroatoms. The highest BCUT2D eigenvalue weighted by molar-refractivity contribution is 5.58. The van der Waals surface area contributed by atoms with E-state index in [1.165, 1.54) is 37.9 Å². The first-order valence-corrected chi connectivity index (χ1v) is 9.55. The molecule has 2 N–H and O–H groups in total. The van der Waals surface area contributed by atoms with Crippen LogP contribution in [0.3, 0.4) is 0 Å². The Morgan fingerprint density at radius 3 is 2.96 bits per heavy atom. The van der Waals surface area contributed by atoms with E-state index < -0.39 is 0 Å². The summed E-state index contributed by atoms with van der Waals surface area (Å²) < 4.78 is 5.41. The molecule has 1 aromatic carbocycles. The van der Waals surface area contributed by atoms with E-state index in [0.29, 0.717) is 6.04 Å².